The van der Waals surface area contributed by atoms with Crippen LogP contribution in [0, 0.1) is 6.92 Å². The number of hydrogen-bond acceptors (Lipinski definition) is 3. The third-order valence-electron chi connectivity index (χ3n) is 2.61. The summed E-state index contributed by atoms with van der Waals surface area (Å²) >= 11 is -1.34. The van der Waals surface area contributed by atoms with Crippen molar-refractivity contribution in [3.8, 4) is 0 Å². The highest BCUT2D eigenvalue weighted by atomic mass is 32.2. The molecule has 4 heteroatoms. The van der Waals surface area contributed by atoms with Crippen molar-refractivity contribution < 1.29 is 13.1 Å². The van der Waals surface area contributed by atoms with Gasteiger partial charge >= 0.3 is 0 Å². The molecule has 0 saturated carbocycles. The van der Waals surface area contributed by atoms with Gasteiger partial charge in [0, 0.05) is 13.2 Å². The summed E-state index contributed by atoms with van der Waals surface area (Å²) in [5, 5.41) is 0. The van der Waals surface area contributed by atoms with E-state index in [1.165, 1.54) is 0 Å². The molecular weight excluding hydrogens is 224 g/mol. The molecule has 1 saturated heterocycles. The molecule has 3 nitrogen and oxygen atoms in total. The molecule has 1 atom stereocenters. The molecule has 0 aromatic heterocycles. The smallest absolute Gasteiger partial charge is 0.189 e. The van der Waals surface area contributed by atoms with Gasteiger partial charge in [0.25, 0.3) is 0 Å². The van der Waals surface area contributed by atoms with E-state index in [2.05, 4.69) is 0 Å². The standard InChI is InChI=1S/C12H16O3S/c1-10-2-4-12(5-3-10)16(13)15-11-6-8-14-9-7-11/h2-5,11H,6-9H2,1H3. The minimum absolute atomic E-state index is 0.0656. The van der Waals surface area contributed by atoms with E-state index < -0.39 is 11.1 Å². The monoisotopic (exact) mass is 240 g/mol. The zero-order valence-electron chi connectivity index (χ0n) is 9.35. The Hall–Kier alpha value is -0.710. The summed E-state index contributed by atoms with van der Waals surface area (Å²) < 4.78 is 22.6. The van der Waals surface area contributed by atoms with Gasteiger partial charge < -0.3 is 4.74 Å². The molecule has 1 unspecified atom stereocenters. The van der Waals surface area contributed by atoms with Crippen molar-refractivity contribution in [2.75, 3.05) is 13.2 Å². The minimum atomic E-state index is -1.34. The molecule has 1 aliphatic rings. The number of hydrogen-bond donors (Lipinski definition) is 0. The van der Waals surface area contributed by atoms with Crippen molar-refractivity contribution in [1.82, 2.24) is 0 Å². The van der Waals surface area contributed by atoms with E-state index in [0.717, 1.165) is 23.3 Å². The van der Waals surface area contributed by atoms with Gasteiger partial charge in [0.15, 0.2) is 11.1 Å². The Bertz CT molecular complexity index is 355. The van der Waals surface area contributed by atoms with Gasteiger partial charge in [0.05, 0.1) is 11.0 Å². The van der Waals surface area contributed by atoms with Gasteiger partial charge in [-0.3, -0.25) is 4.18 Å². The maximum atomic E-state index is 11.9. The molecule has 0 bridgehead atoms. The summed E-state index contributed by atoms with van der Waals surface area (Å²) in [5.41, 5.74) is 1.16. The van der Waals surface area contributed by atoms with Crippen LogP contribution in [-0.2, 0) is 20.0 Å². The Morgan fingerprint density at radius 1 is 1.25 bits per heavy atom. The van der Waals surface area contributed by atoms with Crippen LogP contribution >= 0.6 is 0 Å². The second kappa shape index (κ2) is 5.57. The first-order valence-corrected chi connectivity index (χ1v) is 6.56. The van der Waals surface area contributed by atoms with E-state index in [0.29, 0.717) is 13.2 Å². The van der Waals surface area contributed by atoms with Crippen LogP contribution in [0.25, 0.3) is 0 Å². The molecule has 0 aliphatic carbocycles. The van der Waals surface area contributed by atoms with Crippen LogP contribution in [0.15, 0.2) is 29.2 Å². The SMILES string of the molecule is Cc1ccc(S(=O)OC2CCOCC2)cc1. The molecule has 0 amide bonds. The topological polar surface area (TPSA) is 35.5 Å². The van der Waals surface area contributed by atoms with Crippen LogP contribution in [0.2, 0.25) is 0 Å². The predicted molar refractivity (Wildman–Crippen MR) is 62.5 cm³/mol. The summed E-state index contributed by atoms with van der Waals surface area (Å²) in [4.78, 5) is 0.733. The van der Waals surface area contributed by atoms with Crippen LogP contribution in [0.5, 0.6) is 0 Å². The van der Waals surface area contributed by atoms with Crippen molar-refractivity contribution >= 4 is 11.1 Å². The predicted octanol–water partition coefficient (Wildman–Crippen LogP) is 2.21. The first-order valence-electron chi connectivity index (χ1n) is 5.49. The van der Waals surface area contributed by atoms with Crippen molar-refractivity contribution in [2.45, 2.75) is 30.8 Å². The van der Waals surface area contributed by atoms with Gasteiger partial charge in [-0.05, 0) is 31.9 Å². The largest absolute Gasteiger partial charge is 0.381 e. The lowest BCUT2D eigenvalue weighted by Crippen LogP contribution is -2.24. The van der Waals surface area contributed by atoms with Crippen LogP contribution in [0.4, 0.5) is 0 Å². The van der Waals surface area contributed by atoms with E-state index in [9.17, 15) is 4.21 Å². The van der Waals surface area contributed by atoms with Gasteiger partial charge in [-0.1, -0.05) is 17.7 Å². The fraction of sp³-hybridized carbons (Fsp3) is 0.500. The van der Waals surface area contributed by atoms with Gasteiger partial charge in [-0.15, -0.1) is 0 Å². The lowest BCUT2D eigenvalue weighted by molar-refractivity contribution is 0.0312. The number of ether oxygens (including phenoxy) is 1. The second-order valence-corrected chi connectivity index (χ2v) is 5.09. The molecule has 0 spiro atoms. The van der Waals surface area contributed by atoms with Crippen molar-refractivity contribution in [3.63, 3.8) is 0 Å². The summed E-state index contributed by atoms with van der Waals surface area (Å²) in [7, 11) is 0. The average Bonchev–Trinajstić information content (AvgIpc) is 2.31. The van der Waals surface area contributed by atoms with Gasteiger partial charge in [-0.2, -0.15) is 0 Å². The number of rotatable bonds is 3. The van der Waals surface area contributed by atoms with E-state index >= 15 is 0 Å². The summed E-state index contributed by atoms with van der Waals surface area (Å²) in [6, 6.07) is 7.59. The third-order valence-corrected chi connectivity index (χ3v) is 3.71. The molecule has 1 aliphatic heterocycles. The average molecular weight is 240 g/mol. The van der Waals surface area contributed by atoms with Crippen LogP contribution in [0.3, 0.4) is 0 Å². The molecule has 1 fully saturated rings. The minimum Gasteiger partial charge on any atom is -0.381 e. The molecule has 1 aromatic carbocycles. The van der Waals surface area contributed by atoms with E-state index in [1.54, 1.807) is 0 Å². The Labute approximate surface area is 98.4 Å². The fourth-order valence-corrected chi connectivity index (χ4v) is 2.51. The Morgan fingerprint density at radius 2 is 1.88 bits per heavy atom. The zero-order valence-corrected chi connectivity index (χ0v) is 10.2. The molecule has 1 aromatic rings. The quantitative estimate of drug-likeness (QED) is 0.812. The summed E-state index contributed by atoms with van der Waals surface area (Å²) in [6.45, 7) is 3.41. The van der Waals surface area contributed by atoms with Gasteiger partial charge in [-0.25, -0.2) is 4.21 Å². The molecule has 0 radical (unpaired) electrons. The fourth-order valence-electron chi connectivity index (χ4n) is 1.60. The van der Waals surface area contributed by atoms with Crippen molar-refractivity contribution in [3.05, 3.63) is 29.8 Å². The van der Waals surface area contributed by atoms with Gasteiger partial charge in [0.2, 0.25) is 0 Å². The second-order valence-electron chi connectivity index (χ2n) is 3.96. The van der Waals surface area contributed by atoms with E-state index in [-0.39, 0.29) is 6.10 Å². The molecule has 88 valence electrons. The first kappa shape index (κ1) is 11.8. The molecule has 0 N–H and O–H groups in total. The molecule has 16 heavy (non-hydrogen) atoms. The lowest BCUT2D eigenvalue weighted by atomic mass is 10.2. The molecule has 1 heterocycles. The van der Waals surface area contributed by atoms with Crippen LogP contribution in [-0.4, -0.2) is 23.5 Å². The Kier molecular flexibility index (Phi) is 4.09. The van der Waals surface area contributed by atoms with Crippen molar-refractivity contribution in [2.24, 2.45) is 0 Å². The summed E-state index contributed by atoms with van der Waals surface area (Å²) in [6.07, 6.45) is 1.73. The maximum absolute atomic E-state index is 11.9. The van der Waals surface area contributed by atoms with Crippen LogP contribution in [0.1, 0.15) is 18.4 Å². The van der Waals surface area contributed by atoms with E-state index in [1.807, 2.05) is 31.2 Å². The Morgan fingerprint density at radius 3 is 2.50 bits per heavy atom. The van der Waals surface area contributed by atoms with Crippen LogP contribution < -0.4 is 0 Å². The highest BCUT2D eigenvalue weighted by molar-refractivity contribution is 7.80. The maximum Gasteiger partial charge on any atom is 0.189 e. The molecule has 2 rings (SSSR count). The van der Waals surface area contributed by atoms with E-state index in [4.69, 9.17) is 8.92 Å². The highest BCUT2D eigenvalue weighted by Crippen LogP contribution is 2.16. The lowest BCUT2D eigenvalue weighted by Gasteiger charge is -2.21. The van der Waals surface area contributed by atoms with Crippen molar-refractivity contribution in [1.29, 1.82) is 0 Å². The highest BCUT2D eigenvalue weighted by Gasteiger charge is 2.18. The van der Waals surface area contributed by atoms with Gasteiger partial charge in [0.1, 0.15) is 0 Å². The Balaban J connectivity index is 1.94. The third kappa shape index (κ3) is 3.14. The normalized spacial score (nSPS) is 19.6. The zero-order chi connectivity index (χ0) is 11.4. The number of benzene rings is 1. The summed E-state index contributed by atoms with van der Waals surface area (Å²) in [5.74, 6) is 0. The number of aryl methyl sites for hydroxylation is 1. The molecular formula is C12H16O3S. The first-order chi connectivity index (χ1) is 7.75.